The summed E-state index contributed by atoms with van der Waals surface area (Å²) in [4.78, 5) is 0. The fraction of sp³-hybridized carbons (Fsp3) is 0.333. The van der Waals surface area contributed by atoms with Gasteiger partial charge in [-0.2, -0.15) is 13.2 Å². The molecule has 1 rings (SSSR count). The van der Waals surface area contributed by atoms with Crippen LogP contribution >= 0.6 is 12.4 Å². The summed E-state index contributed by atoms with van der Waals surface area (Å²) in [6.45, 7) is 0. The average molecular weight is 260 g/mol. The van der Waals surface area contributed by atoms with Crippen molar-refractivity contribution in [2.45, 2.75) is 18.6 Å². The van der Waals surface area contributed by atoms with Crippen LogP contribution in [0.1, 0.15) is 18.0 Å². The zero-order chi connectivity index (χ0) is 11.6. The minimum absolute atomic E-state index is 0. The normalized spacial score (nSPS) is 13.1. The second kappa shape index (κ2) is 5.36. The lowest BCUT2D eigenvalue weighted by Crippen LogP contribution is -2.20. The van der Waals surface area contributed by atoms with Gasteiger partial charge in [0.15, 0.2) is 11.6 Å². The van der Waals surface area contributed by atoms with Crippen molar-refractivity contribution in [3.05, 3.63) is 29.6 Å². The highest BCUT2D eigenvalue weighted by atomic mass is 35.5. The van der Waals surface area contributed by atoms with E-state index in [1.54, 1.807) is 0 Å². The Morgan fingerprint density at radius 1 is 1.31 bits per heavy atom. The third kappa shape index (κ3) is 4.24. The molecule has 0 saturated carbocycles. The molecule has 0 unspecified atom stereocenters. The Morgan fingerprint density at radius 2 is 1.88 bits per heavy atom. The van der Waals surface area contributed by atoms with E-state index < -0.39 is 30.2 Å². The van der Waals surface area contributed by atoms with Crippen LogP contribution in [-0.2, 0) is 0 Å². The van der Waals surface area contributed by atoms with Gasteiger partial charge in [0.1, 0.15) is 0 Å². The number of phenols is 1. The van der Waals surface area contributed by atoms with E-state index >= 15 is 0 Å². The predicted octanol–water partition coefficient (Wildman–Crippen LogP) is 2.91. The highest BCUT2D eigenvalue weighted by Crippen LogP contribution is 2.29. The third-order valence-electron chi connectivity index (χ3n) is 1.85. The molecule has 0 saturated heterocycles. The van der Waals surface area contributed by atoms with Crippen LogP contribution in [0.5, 0.6) is 5.75 Å². The Morgan fingerprint density at radius 3 is 2.31 bits per heavy atom. The number of rotatable bonds is 2. The molecule has 0 spiro atoms. The molecule has 0 radical (unpaired) electrons. The number of hydrogen-bond acceptors (Lipinski definition) is 2. The number of halogens is 5. The SMILES string of the molecule is Cl.N[C@H](CC(F)(F)F)c1ccc(O)c(F)c1. The number of nitrogens with two attached hydrogens (primary N) is 1. The first-order chi connectivity index (χ1) is 6.79. The molecule has 1 atom stereocenters. The van der Waals surface area contributed by atoms with Gasteiger partial charge in [0.05, 0.1) is 6.42 Å². The van der Waals surface area contributed by atoms with Crippen molar-refractivity contribution in [1.29, 1.82) is 0 Å². The molecule has 1 aromatic carbocycles. The van der Waals surface area contributed by atoms with E-state index in [1.165, 1.54) is 0 Å². The molecule has 1 aromatic rings. The standard InChI is InChI=1S/C9H9F4NO.ClH/c10-6-3-5(1-2-8(6)15)7(14)4-9(11,12)13;/h1-3,7,15H,4,14H2;1H/t7-;/m1./s1. The van der Waals surface area contributed by atoms with E-state index in [0.29, 0.717) is 0 Å². The lowest BCUT2D eigenvalue weighted by Gasteiger charge is -2.14. The first kappa shape index (κ1) is 15.0. The smallest absolute Gasteiger partial charge is 0.390 e. The molecule has 0 aliphatic carbocycles. The number of aromatic hydroxyl groups is 1. The molecule has 0 fully saturated rings. The van der Waals surface area contributed by atoms with E-state index in [-0.39, 0.29) is 18.0 Å². The van der Waals surface area contributed by atoms with Crippen molar-refractivity contribution in [2.24, 2.45) is 5.73 Å². The van der Waals surface area contributed by atoms with E-state index in [9.17, 15) is 17.6 Å². The van der Waals surface area contributed by atoms with Crippen molar-refractivity contribution < 1.29 is 22.7 Å². The Hall–Kier alpha value is -1.01. The van der Waals surface area contributed by atoms with E-state index in [1.807, 2.05) is 0 Å². The maximum absolute atomic E-state index is 12.8. The van der Waals surface area contributed by atoms with Crippen molar-refractivity contribution in [2.75, 3.05) is 0 Å². The fourth-order valence-corrected chi connectivity index (χ4v) is 1.12. The largest absolute Gasteiger partial charge is 0.505 e. The van der Waals surface area contributed by atoms with Crippen molar-refractivity contribution in [3.8, 4) is 5.75 Å². The summed E-state index contributed by atoms with van der Waals surface area (Å²) < 4.78 is 48.6. The minimum Gasteiger partial charge on any atom is -0.505 e. The summed E-state index contributed by atoms with van der Waals surface area (Å²) in [7, 11) is 0. The molecule has 92 valence electrons. The molecular weight excluding hydrogens is 250 g/mol. The molecule has 3 N–H and O–H groups in total. The van der Waals surface area contributed by atoms with Crippen LogP contribution in [0, 0.1) is 5.82 Å². The molecule has 0 bridgehead atoms. The summed E-state index contributed by atoms with van der Waals surface area (Å²) in [5, 5.41) is 8.82. The second-order valence-corrected chi connectivity index (χ2v) is 3.14. The number of hydrogen-bond donors (Lipinski definition) is 2. The van der Waals surface area contributed by atoms with Gasteiger partial charge in [-0.3, -0.25) is 0 Å². The first-order valence-corrected chi connectivity index (χ1v) is 4.10. The Bertz CT molecular complexity index is 356. The first-order valence-electron chi connectivity index (χ1n) is 4.10. The highest BCUT2D eigenvalue weighted by Gasteiger charge is 2.31. The monoisotopic (exact) mass is 259 g/mol. The van der Waals surface area contributed by atoms with Crippen LogP contribution in [-0.4, -0.2) is 11.3 Å². The molecule has 16 heavy (non-hydrogen) atoms. The lowest BCUT2D eigenvalue weighted by atomic mass is 10.0. The predicted molar refractivity (Wildman–Crippen MR) is 52.9 cm³/mol. The summed E-state index contributed by atoms with van der Waals surface area (Å²) in [6.07, 6.45) is -5.62. The zero-order valence-corrected chi connectivity index (χ0v) is 8.78. The number of phenolic OH excluding ortho intramolecular Hbond substituents is 1. The van der Waals surface area contributed by atoms with Crippen LogP contribution in [0.4, 0.5) is 17.6 Å². The van der Waals surface area contributed by atoms with Gasteiger partial charge in [-0.05, 0) is 17.7 Å². The molecule has 0 aliphatic rings. The topological polar surface area (TPSA) is 46.2 Å². The molecule has 0 aliphatic heterocycles. The minimum atomic E-state index is -4.40. The Balaban J connectivity index is 0.00000225. The fourth-order valence-electron chi connectivity index (χ4n) is 1.12. The van der Waals surface area contributed by atoms with Gasteiger partial charge in [0.2, 0.25) is 0 Å². The van der Waals surface area contributed by atoms with Gasteiger partial charge in [-0.1, -0.05) is 6.07 Å². The number of benzene rings is 1. The van der Waals surface area contributed by atoms with Gasteiger partial charge in [-0.15, -0.1) is 12.4 Å². The van der Waals surface area contributed by atoms with Crippen molar-refractivity contribution in [1.82, 2.24) is 0 Å². The van der Waals surface area contributed by atoms with Gasteiger partial charge < -0.3 is 10.8 Å². The summed E-state index contributed by atoms with van der Waals surface area (Å²) in [5.74, 6) is -1.59. The lowest BCUT2D eigenvalue weighted by molar-refractivity contribution is -0.138. The van der Waals surface area contributed by atoms with Gasteiger partial charge in [0.25, 0.3) is 0 Å². The molecule has 2 nitrogen and oxygen atoms in total. The maximum Gasteiger partial charge on any atom is 0.390 e. The van der Waals surface area contributed by atoms with Crippen molar-refractivity contribution >= 4 is 12.4 Å². The Kier molecular flexibility index (Phi) is 5.02. The molecule has 0 aromatic heterocycles. The maximum atomic E-state index is 12.8. The number of alkyl halides is 3. The van der Waals surface area contributed by atoms with Crippen LogP contribution in [0.15, 0.2) is 18.2 Å². The van der Waals surface area contributed by atoms with E-state index in [2.05, 4.69) is 0 Å². The van der Waals surface area contributed by atoms with E-state index in [0.717, 1.165) is 18.2 Å². The van der Waals surface area contributed by atoms with E-state index in [4.69, 9.17) is 10.8 Å². The third-order valence-corrected chi connectivity index (χ3v) is 1.85. The van der Waals surface area contributed by atoms with Crippen LogP contribution < -0.4 is 5.73 Å². The quantitative estimate of drug-likeness (QED) is 0.802. The van der Waals surface area contributed by atoms with Crippen LogP contribution in [0.3, 0.4) is 0 Å². The zero-order valence-electron chi connectivity index (χ0n) is 7.96. The summed E-state index contributed by atoms with van der Waals surface area (Å²) in [6, 6.07) is 1.61. The average Bonchev–Trinajstić information content (AvgIpc) is 2.06. The summed E-state index contributed by atoms with van der Waals surface area (Å²) >= 11 is 0. The van der Waals surface area contributed by atoms with Crippen LogP contribution in [0.2, 0.25) is 0 Å². The molecule has 0 amide bonds. The second-order valence-electron chi connectivity index (χ2n) is 3.14. The summed E-state index contributed by atoms with van der Waals surface area (Å²) in [5.41, 5.74) is 5.23. The van der Waals surface area contributed by atoms with Crippen molar-refractivity contribution in [3.63, 3.8) is 0 Å². The van der Waals surface area contributed by atoms with Gasteiger partial charge >= 0.3 is 6.18 Å². The van der Waals surface area contributed by atoms with Gasteiger partial charge in [-0.25, -0.2) is 4.39 Å². The van der Waals surface area contributed by atoms with Gasteiger partial charge in [0, 0.05) is 6.04 Å². The molecule has 7 heteroatoms. The highest BCUT2D eigenvalue weighted by molar-refractivity contribution is 5.85. The molecular formula is C9H10ClF4NO. The molecule has 0 heterocycles. The Labute approximate surface area is 95.5 Å². The van der Waals surface area contributed by atoms with Crippen LogP contribution in [0.25, 0.3) is 0 Å².